The van der Waals surface area contributed by atoms with Gasteiger partial charge in [-0.1, -0.05) is 54.2 Å². The van der Waals surface area contributed by atoms with E-state index in [1.807, 2.05) is 83.4 Å². The molecule has 0 unspecified atom stereocenters. The quantitative estimate of drug-likeness (QED) is 0.339. The van der Waals surface area contributed by atoms with Gasteiger partial charge in [0.2, 0.25) is 5.91 Å². The Hall–Kier alpha value is -3.78. The van der Waals surface area contributed by atoms with Crippen molar-refractivity contribution in [3.8, 4) is 28.6 Å². The summed E-state index contributed by atoms with van der Waals surface area (Å²) in [5.41, 5.74) is 2.54. The summed E-state index contributed by atoms with van der Waals surface area (Å²) in [5, 5.41) is 9.14. The number of nitrogens with zero attached hydrogens (tertiary/aromatic N) is 4. The first kappa shape index (κ1) is 23.4. The van der Waals surface area contributed by atoms with Crippen molar-refractivity contribution in [3.63, 3.8) is 0 Å². The number of carbonyl (C=O) groups excluding carboxylic acids is 1. The number of hydrogen-bond donors (Lipinski definition) is 0. The number of amides is 1. The van der Waals surface area contributed by atoms with Gasteiger partial charge in [-0.15, -0.1) is 10.2 Å². The number of para-hydroxylation sites is 1. The van der Waals surface area contributed by atoms with Gasteiger partial charge in [0.05, 0.1) is 25.5 Å². The number of carbonyl (C=O) groups is 1. The zero-order valence-corrected chi connectivity index (χ0v) is 20.3. The highest BCUT2D eigenvalue weighted by Crippen LogP contribution is 2.39. The third-order valence-corrected chi connectivity index (χ3v) is 6.49. The number of ether oxygens (including phenoxy) is 2. The van der Waals surface area contributed by atoms with Gasteiger partial charge in [0.15, 0.2) is 11.0 Å². The minimum absolute atomic E-state index is 0.0284. The Kier molecular flexibility index (Phi) is 7.18. The lowest BCUT2D eigenvalue weighted by molar-refractivity contribution is -0.128. The van der Waals surface area contributed by atoms with Crippen LogP contribution in [0.4, 0.5) is 0 Å². The number of hydrogen-bond acceptors (Lipinski definition) is 6. The first-order valence-corrected chi connectivity index (χ1v) is 11.6. The lowest BCUT2D eigenvalue weighted by atomic mass is 10.1. The van der Waals surface area contributed by atoms with E-state index >= 15 is 0 Å². The van der Waals surface area contributed by atoms with E-state index in [9.17, 15) is 4.79 Å². The molecule has 0 spiro atoms. The van der Waals surface area contributed by atoms with Crippen LogP contribution in [0.1, 0.15) is 10.8 Å². The van der Waals surface area contributed by atoms with Crippen LogP contribution in [-0.4, -0.2) is 53.9 Å². The van der Waals surface area contributed by atoms with E-state index in [1.54, 1.807) is 33.2 Å². The van der Waals surface area contributed by atoms with Crippen molar-refractivity contribution in [1.29, 1.82) is 0 Å². The molecule has 34 heavy (non-hydrogen) atoms. The minimum Gasteiger partial charge on any atom is -0.497 e. The standard InChI is InChI=1S/C26H26N4O3S/c1-29(2)25(31)23(18-10-6-5-7-11-18)34-26-28-27-24(21-12-8-9-13-22(21)33-4)30(26)19-14-16-20(32-3)17-15-19/h5-17,23H,1-4H3/t23-/m1/s1. The van der Waals surface area contributed by atoms with Crippen molar-refractivity contribution < 1.29 is 14.3 Å². The fourth-order valence-corrected chi connectivity index (χ4v) is 4.74. The van der Waals surface area contributed by atoms with Gasteiger partial charge in [-0.2, -0.15) is 0 Å². The largest absolute Gasteiger partial charge is 0.497 e. The lowest BCUT2D eigenvalue weighted by Gasteiger charge is -2.21. The molecule has 0 bridgehead atoms. The lowest BCUT2D eigenvalue weighted by Crippen LogP contribution is -2.27. The maximum atomic E-state index is 13.2. The molecule has 8 heteroatoms. The Balaban J connectivity index is 1.86. The van der Waals surface area contributed by atoms with Crippen LogP contribution in [0.3, 0.4) is 0 Å². The first-order valence-electron chi connectivity index (χ1n) is 10.7. The van der Waals surface area contributed by atoms with Crippen molar-refractivity contribution in [2.45, 2.75) is 10.4 Å². The normalized spacial score (nSPS) is 11.6. The molecular weight excluding hydrogens is 448 g/mol. The predicted octanol–water partition coefficient (Wildman–Crippen LogP) is 4.87. The number of benzene rings is 3. The molecule has 1 atom stereocenters. The summed E-state index contributed by atoms with van der Waals surface area (Å²) in [6.45, 7) is 0. The molecule has 0 saturated carbocycles. The van der Waals surface area contributed by atoms with Crippen LogP contribution >= 0.6 is 11.8 Å². The zero-order valence-electron chi connectivity index (χ0n) is 19.5. The molecule has 0 aliphatic rings. The molecule has 4 aromatic rings. The second-order valence-electron chi connectivity index (χ2n) is 7.68. The third-order valence-electron chi connectivity index (χ3n) is 5.30. The number of rotatable bonds is 8. The van der Waals surface area contributed by atoms with E-state index in [-0.39, 0.29) is 5.91 Å². The van der Waals surface area contributed by atoms with Crippen LogP contribution < -0.4 is 9.47 Å². The molecule has 0 saturated heterocycles. The molecule has 1 heterocycles. The molecule has 7 nitrogen and oxygen atoms in total. The van der Waals surface area contributed by atoms with Gasteiger partial charge in [0.1, 0.15) is 16.7 Å². The van der Waals surface area contributed by atoms with Crippen molar-refractivity contribution in [1.82, 2.24) is 19.7 Å². The molecule has 0 aliphatic carbocycles. The van der Waals surface area contributed by atoms with Gasteiger partial charge in [-0.25, -0.2) is 0 Å². The molecule has 4 rings (SSSR count). The molecule has 0 aliphatic heterocycles. The molecule has 0 radical (unpaired) electrons. The molecule has 174 valence electrons. The predicted molar refractivity (Wildman–Crippen MR) is 134 cm³/mol. The molecular formula is C26H26N4O3S. The molecule has 0 N–H and O–H groups in total. The van der Waals surface area contributed by atoms with Crippen molar-refractivity contribution in [2.24, 2.45) is 0 Å². The van der Waals surface area contributed by atoms with Gasteiger partial charge >= 0.3 is 0 Å². The third kappa shape index (κ3) is 4.77. The van der Waals surface area contributed by atoms with Crippen molar-refractivity contribution in [2.75, 3.05) is 28.3 Å². The maximum Gasteiger partial charge on any atom is 0.240 e. The van der Waals surface area contributed by atoms with Gasteiger partial charge in [0.25, 0.3) is 0 Å². The van der Waals surface area contributed by atoms with Crippen LogP contribution in [0, 0.1) is 0 Å². The summed E-state index contributed by atoms with van der Waals surface area (Å²) in [6, 6.07) is 25.0. The fourth-order valence-electron chi connectivity index (χ4n) is 3.54. The van der Waals surface area contributed by atoms with E-state index in [0.29, 0.717) is 16.7 Å². The molecule has 0 fully saturated rings. The second-order valence-corrected chi connectivity index (χ2v) is 8.75. The smallest absolute Gasteiger partial charge is 0.240 e. The number of likely N-dealkylation sites (N-methyl/N-ethyl adjacent to an activating group) is 1. The Morgan fingerprint density at radius 3 is 2.21 bits per heavy atom. The molecule has 1 amide bonds. The molecule has 1 aromatic heterocycles. The van der Waals surface area contributed by atoms with Crippen molar-refractivity contribution in [3.05, 3.63) is 84.4 Å². The highest BCUT2D eigenvalue weighted by Gasteiger charge is 2.28. The average molecular weight is 475 g/mol. The summed E-state index contributed by atoms with van der Waals surface area (Å²) >= 11 is 1.36. The summed E-state index contributed by atoms with van der Waals surface area (Å²) < 4.78 is 12.9. The van der Waals surface area contributed by atoms with Crippen LogP contribution in [-0.2, 0) is 4.79 Å². The summed E-state index contributed by atoms with van der Waals surface area (Å²) in [7, 11) is 6.77. The minimum atomic E-state index is -0.483. The van der Waals surface area contributed by atoms with Gasteiger partial charge in [0, 0.05) is 14.1 Å². The number of methoxy groups -OCH3 is 2. The highest BCUT2D eigenvalue weighted by atomic mass is 32.2. The fraction of sp³-hybridized carbons (Fsp3) is 0.192. The Labute approximate surface area is 203 Å². The van der Waals surface area contributed by atoms with E-state index < -0.39 is 5.25 Å². The van der Waals surface area contributed by atoms with Crippen LogP contribution in [0.25, 0.3) is 17.1 Å². The summed E-state index contributed by atoms with van der Waals surface area (Å²) in [6.07, 6.45) is 0. The Morgan fingerprint density at radius 2 is 1.56 bits per heavy atom. The van der Waals surface area contributed by atoms with Crippen LogP contribution in [0.15, 0.2) is 84.0 Å². The zero-order chi connectivity index (χ0) is 24.1. The van der Waals surface area contributed by atoms with E-state index in [0.717, 1.165) is 22.6 Å². The summed E-state index contributed by atoms with van der Waals surface area (Å²) in [5.74, 6) is 2.02. The highest BCUT2D eigenvalue weighted by molar-refractivity contribution is 8.00. The monoisotopic (exact) mass is 474 g/mol. The second kappa shape index (κ2) is 10.4. The first-order chi connectivity index (χ1) is 16.5. The Morgan fingerprint density at radius 1 is 0.882 bits per heavy atom. The average Bonchev–Trinajstić information content (AvgIpc) is 3.30. The molecule has 3 aromatic carbocycles. The topological polar surface area (TPSA) is 69.5 Å². The summed E-state index contributed by atoms with van der Waals surface area (Å²) in [4.78, 5) is 14.8. The van der Waals surface area contributed by atoms with Gasteiger partial charge < -0.3 is 14.4 Å². The van der Waals surface area contributed by atoms with E-state index in [2.05, 4.69) is 10.2 Å². The van der Waals surface area contributed by atoms with Gasteiger partial charge in [-0.3, -0.25) is 9.36 Å². The Bertz CT molecular complexity index is 1260. The maximum absolute atomic E-state index is 13.2. The SMILES string of the molecule is COc1ccc(-n2c(S[C@@H](C(=O)N(C)C)c3ccccc3)nnc2-c2ccccc2OC)cc1. The van der Waals surface area contributed by atoms with Crippen LogP contribution in [0.5, 0.6) is 11.5 Å². The van der Waals surface area contributed by atoms with Crippen molar-refractivity contribution >= 4 is 17.7 Å². The van der Waals surface area contributed by atoms with Gasteiger partial charge in [-0.05, 0) is 42.0 Å². The number of thioether (sulfide) groups is 1. The van der Waals surface area contributed by atoms with E-state index in [1.165, 1.54) is 11.8 Å². The van der Waals surface area contributed by atoms with E-state index in [4.69, 9.17) is 9.47 Å². The number of aromatic nitrogens is 3. The van der Waals surface area contributed by atoms with Crippen LogP contribution in [0.2, 0.25) is 0 Å².